The third-order valence-corrected chi connectivity index (χ3v) is 4.57. The van der Waals surface area contributed by atoms with Crippen LogP contribution in [0.1, 0.15) is 0 Å². The zero-order valence-corrected chi connectivity index (χ0v) is 13.7. The van der Waals surface area contributed by atoms with Gasteiger partial charge in [0.15, 0.2) is 11.5 Å². The van der Waals surface area contributed by atoms with E-state index in [0.717, 1.165) is 7.11 Å². The highest BCUT2D eigenvalue weighted by Gasteiger charge is 2.34. The van der Waals surface area contributed by atoms with E-state index in [1.807, 2.05) is 12.1 Å². The van der Waals surface area contributed by atoms with Gasteiger partial charge in [0, 0.05) is 0 Å². The highest BCUT2D eigenvalue weighted by molar-refractivity contribution is 7.86. The van der Waals surface area contributed by atoms with Gasteiger partial charge in [-0.2, -0.15) is 8.42 Å². The summed E-state index contributed by atoms with van der Waals surface area (Å²) in [4.78, 5) is 13.1. The number of hydrogen-bond acceptors (Lipinski definition) is 7. The van der Waals surface area contributed by atoms with Crippen LogP contribution in [-0.4, -0.2) is 65.2 Å². The molecular weight excluding hydrogens is 326 g/mol. The summed E-state index contributed by atoms with van der Waals surface area (Å²) in [6, 6.07) is 7.16. The molecule has 1 aromatic carbocycles. The summed E-state index contributed by atoms with van der Waals surface area (Å²) in [6.07, 6.45) is -1.30. The quantitative estimate of drug-likeness (QED) is 0.646. The molecule has 1 atom stereocenters. The Labute approximate surface area is 135 Å². The van der Waals surface area contributed by atoms with Crippen LogP contribution in [0, 0.1) is 0 Å². The Hall–Kier alpha value is -2.00. The summed E-state index contributed by atoms with van der Waals surface area (Å²) in [6.45, 7) is 0.691. The van der Waals surface area contributed by atoms with Gasteiger partial charge < -0.3 is 19.1 Å². The van der Waals surface area contributed by atoms with Gasteiger partial charge in [-0.05, 0) is 12.1 Å². The summed E-state index contributed by atoms with van der Waals surface area (Å²) in [5, 5.41) is 0. The van der Waals surface area contributed by atoms with E-state index in [2.05, 4.69) is 4.18 Å². The lowest BCUT2D eigenvalue weighted by Crippen LogP contribution is -2.31. The number of rotatable bonds is 8. The molecule has 2 rings (SSSR count). The molecule has 8 nitrogen and oxygen atoms in total. The van der Waals surface area contributed by atoms with Crippen molar-refractivity contribution in [3.8, 4) is 11.5 Å². The average molecular weight is 345 g/mol. The van der Waals surface area contributed by atoms with Crippen LogP contribution in [0.25, 0.3) is 0 Å². The van der Waals surface area contributed by atoms with Crippen LogP contribution >= 0.6 is 0 Å². The van der Waals surface area contributed by atoms with Crippen molar-refractivity contribution < 1.29 is 31.6 Å². The minimum atomic E-state index is -3.67. The fourth-order valence-electron chi connectivity index (χ4n) is 2.14. The molecular formula is C14H19NO7S. The van der Waals surface area contributed by atoms with Crippen molar-refractivity contribution in [1.29, 1.82) is 0 Å². The van der Waals surface area contributed by atoms with Crippen LogP contribution in [0.5, 0.6) is 11.5 Å². The number of benzene rings is 1. The standard InChI is InChI=1S/C14H19NO7S/c1-19-12-5-3-4-6-13(12)21-8-7-15-9-11(22-14(15)16)10-23(17,18)20-2/h3-6,11H,7-10H2,1-2H3/t11-/m0/s1. The molecule has 0 radical (unpaired) electrons. The second-order valence-electron chi connectivity index (χ2n) is 4.84. The first-order chi connectivity index (χ1) is 10.9. The minimum absolute atomic E-state index is 0.177. The zero-order valence-electron chi connectivity index (χ0n) is 12.9. The first kappa shape index (κ1) is 17.4. The van der Waals surface area contributed by atoms with E-state index in [-0.39, 0.29) is 25.4 Å². The lowest BCUT2D eigenvalue weighted by Gasteiger charge is -2.15. The van der Waals surface area contributed by atoms with E-state index in [0.29, 0.717) is 11.5 Å². The molecule has 0 N–H and O–H groups in total. The average Bonchev–Trinajstić information content (AvgIpc) is 2.86. The predicted octanol–water partition coefficient (Wildman–Crippen LogP) is 0.871. The van der Waals surface area contributed by atoms with Crippen LogP contribution in [-0.2, 0) is 19.0 Å². The number of methoxy groups -OCH3 is 1. The van der Waals surface area contributed by atoms with Crippen LogP contribution in [0.2, 0.25) is 0 Å². The van der Waals surface area contributed by atoms with Crippen molar-refractivity contribution in [2.45, 2.75) is 6.10 Å². The Kier molecular flexibility index (Phi) is 5.67. The molecule has 1 aromatic rings. The second-order valence-corrected chi connectivity index (χ2v) is 6.62. The highest BCUT2D eigenvalue weighted by atomic mass is 32.2. The number of nitrogens with zero attached hydrogens (tertiary/aromatic N) is 1. The molecule has 128 valence electrons. The Morgan fingerprint density at radius 3 is 2.61 bits per heavy atom. The molecule has 1 fully saturated rings. The Morgan fingerprint density at radius 1 is 1.26 bits per heavy atom. The highest BCUT2D eigenvalue weighted by Crippen LogP contribution is 2.25. The molecule has 1 saturated heterocycles. The van der Waals surface area contributed by atoms with E-state index in [1.54, 1.807) is 19.2 Å². The van der Waals surface area contributed by atoms with Gasteiger partial charge in [-0.15, -0.1) is 0 Å². The van der Waals surface area contributed by atoms with E-state index in [4.69, 9.17) is 14.2 Å². The van der Waals surface area contributed by atoms with E-state index >= 15 is 0 Å². The number of carbonyl (C=O) groups is 1. The van der Waals surface area contributed by atoms with Gasteiger partial charge in [0.05, 0.1) is 27.3 Å². The summed E-state index contributed by atoms with van der Waals surface area (Å²) in [7, 11) is -1.06. The van der Waals surface area contributed by atoms with Crippen molar-refractivity contribution in [3.05, 3.63) is 24.3 Å². The van der Waals surface area contributed by atoms with Crippen molar-refractivity contribution in [2.24, 2.45) is 0 Å². The fraction of sp³-hybridized carbons (Fsp3) is 0.500. The number of ether oxygens (including phenoxy) is 3. The molecule has 0 saturated carbocycles. The maximum absolute atomic E-state index is 11.7. The normalized spacial score (nSPS) is 17.9. The van der Waals surface area contributed by atoms with E-state index in [1.165, 1.54) is 4.90 Å². The first-order valence-electron chi connectivity index (χ1n) is 6.95. The minimum Gasteiger partial charge on any atom is -0.493 e. The largest absolute Gasteiger partial charge is 0.493 e. The van der Waals surface area contributed by atoms with Gasteiger partial charge in [-0.25, -0.2) is 4.79 Å². The van der Waals surface area contributed by atoms with Crippen molar-refractivity contribution in [2.75, 3.05) is 39.7 Å². The smallest absolute Gasteiger partial charge is 0.410 e. The molecule has 0 bridgehead atoms. The third-order valence-electron chi connectivity index (χ3n) is 3.28. The summed E-state index contributed by atoms with van der Waals surface area (Å²) in [5.41, 5.74) is 0. The predicted molar refractivity (Wildman–Crippen MR) is 81.1 cm³/mol. The number of carbonyl (C=O) groups excluding carboxylic acids is 1. The molecule has 1 heterocycles. The van der Waals surface area contributed by atoms with Crippen LogP contribution < -0.4 is 9.47 Å². The Bertz CT molecular complexity index is 646. The second kappa shape index (κ2) is 7.51. The van der Waals surface area contributed by atoms with Crippen LogP contribution in [0.4, 0.5) is 4.79 Å². The summed E-state index contributed by atoms with van der Waals surface area (Å²) < 4.78 is 42.8. The van der Waals surface area contributed by atoms with Gasteiger partial charge >= 0.3 is 6.09 Å². The third kappa shape index (κ3) is 4.73. The lowest BCUT2D eigenvalue weighted by molar-refractivity contribution is 0.135. The van der Waals surface area contributed by atoms with Gasteiger partial charge in [-0.1, -0.05) is 12.1 Å². The Balaban J connectivity index is 1.83. The SMILES string of the molecule is COc1ccccc1OCCN1C[C@@H](CS(=O)(=O)OC)OC1=O. The maximum atomic E-state index is 11.7. The van der Waals surface area contributed by atoms with Gasteiger partial charge in [0.2, 0.25) is 0 Å². The Morgan fingerprint density at radius 2 is 1.96 bits per heavy atom. The van der Waals surface area contributed by atoms with Crippen molar-refractivity contribution in [1.82, 2.24) is 4.90 Å². The molecule has 0 spiro atoms. The van der Waals surface area contributed by atoms with E-state index in [9.17, 15) is 13.2 Å². The molecule has 1 aliphatic rings. The van der Waals surface area contributed by atoms with Crippen LogP contribution in [0.15, 0.2) is 24.3 Å². The number of cyclic esters (lactones) is 1. The molecule has 0 aliphatic carbocycles. The molecule has 0 unspecified atom stereocenters. The fourth-order valence-corrected chi connectivity index (χ4v) is 2.91. The zero-order chi connectivity index (χ0) is 16.9. The van der Waals surface area contributed by atoms with Gasteiger partial charge in [0.25, 0.3) is 10.1 Å². The number of para-hydroxylation sites is 2. The van der Waals surface area contributed by atoms with Gasteiger partial charge in [-0.3, -0.25) is 4.18 Å². The molecule has 0 aromatic heterocycles. The molecule has 1 aliphatic heterocycles. The molecule has 23 heavy (non-hydrogen) atoms. The van der Waals surface area contributed by atoms with Crippen molar-refractivity contribution in [3.63, 3.8) is 0 Å². The number of hydrogen-bond donors (Lipinski definition) is 0. The molecule has 9 heteroatoms. The maximum Gasteiger partial charge on any atom is 0.410 e. The van der Waals surface area contributed by atoms with Crippen LogP contribution in [0.3, 0.4) is 0 Å². The van der Waals surface area contributed by atoms with E-state index < -0.39 is 22.3 Å². The van der Waals surface area contributed by atoms with Crippen molar-refractivity contribution >= 4 is 16.2 Å². The molecule has 1 amide bonds. The van der Waals surface area contributed by atoms with Gasteiger partial charge in [0.1, 0.15) is 18.5 Å². The summed E-state index contributed by atoms with van der Waals surface area (Å²) in [5.74, 6) is 0.806. The first-order valence-corrected chi connectivity index (χ1v) is 8.52. The summed E-state index contributed by atoms with van der Waals surface area (Å²) >= 11 is 0. The lowest BCUT2D eigenvalue weighted by atomic mass is 10.3. The topological polar surface area (TPSA) is 91.4 Å². The monoisotopic (exact) mass is 345 g/mol. The number of amides is 1.